The van der Waals surface area contributed by atoms with Crippen molar-refractivity contribution >= 4 is 11.6 Å². The molecule has 0 spiro atoms. The van der Waals surface area contributed by atoms with Crippen molar-refractivity contribution in [2.45, 2.75) is 19.8 Å². The highest BCUT2D eigenvalue weighted by atomic mass is 35.5. The normalized spacial score (nSPS) is 10.9. The first-order valence-corrected chi connectivity index (χ1v) is 5.88. The van der Waals surface area contributed by atoms with Gasteiger partial charge in [-0.05, 0) is 35.2 Å². The molecule has 3 nitrogen and oxygen atoms in total. The van der Waals surface area contributed by atoms with E-state index in [0.29, 0.717) is 11.2 Å². The summed E-state index contributed by atoms with van der Waals surface area (Å²) in [6, 6.07) is 6.15. The van der Waals surface area contributed by atoms with Crippen molar-refractivity contribution in [3.63, 3.8) is 0 Å². The summed E-state index contributed by atoms with van der Waals surface area (Å²) in [4.78, 5) is 7.00. The molecule has 0 bridgehead atoms. The monoisotopic (exact) mass is 250 g/mol. The van der Waals surface area contributed by atoms with Crippen LogP contribution >= 0.6 is 11.6 Å². The molecule has 0 amide bonds. The maximum absolute atomic E-state index is 5.80. The van der Waals surface area contributed by atoms with E-state index in [1.54, 1.807) is 13.3 Å². The van der Waals surface area contributed by atoms with Crippen LogP contribution in [0.5, 0.6) is 5.75 Å². The molecule has 1 N–H and O–H groups in total. The zero-order valence-corrected chi connectivity index (χ0v) is 10.9. The van der Waals surface area contributed by atoms with E-state index in [9.17, 15) is 0 Å². The Morgan fingerprint density at radius 3 is 2.65 bits per heavy atom. The molecular weight excluding hydrogens is 236 g/mol. The molecule has 0 atom stereocenters. The third-order valence-corrected chi connectivity index (χ3v) is 2.92. The predicted octanol–water partition coefficient (Wildman–Crippen LogP) is 3.86. The molecule has 2 rings (SSSR count). The molecule has 2 aromatic rings. The van der Waals surface area contributed by atoms with Gasteiger partial charge in [-0.15, -0.1) is 0 Å². The fourth-order valence-electron chi connectivity index (χ4n) is 1.73. The molecule has 1 aromatic heterocycles. The Morgan fingerprint density at radius 1 is 1.35 bits per heavy atom. The molecule has 90 valence electrons. The van der Waals surface area contributed by atoms with Crippen LogP contribution in [0.4, 0.5) is 0 Å². The quantitative estimate of drug-likeness (QED) is 0.898. The Bertz CT molecular complexity index is 520. The molecule has 0 saturated carbocycles. The fraction of sp³-hybridized carbons (Fsp3) is 0.308. The minimum Gasteiger partial charge on any atom is -0.496 e. The lowest BCUT2D eigenvalue weighted by Crippen LogP contribution is -1.92. The molecule has 0 fully saturated rings. The summed E-state index contributed by atoms with van der Waals surface area (Å²) in [6.07, 6.45) is 1.71. The van der Waals surface area contributed by atoms with Gasteiger partial charge in [-0.1, -0.05) is 19.9 Å². The molecular formula is C13H15ClN2O. The summed E-state index contributed by atoms with van der Waals surface area (Å²) >= 11 is 5.80. The average Bonchev–Trinajstić information content (AvgIpc) is 2.74. The van der Waals surface area contributed by atoms with Crippen molar-refractivity contribution in [2.24, 2.45) is 0 Å². The van der Waals surface area contributed by atoms with Crippen LogP contribution in [0, 0.1) is 0 Å². The molecule has 4 heteroatoms. The van der Waals surface area contributed by atoms with Gasteiger partial charge in [0.2, 0.25) is 0 Å². The Balaban J connectivity index is 2.53. The molecule has 1 heterocycles. The summed E-state index contributed by atoms with van der Waals surface area (Å²) in [5, 5.41) is 0.386. The van der Waals surface area contributed by atoms with Crippen LogP contribution in [-0.4, -0.2) is 17.1 Å². The van der Waals surface area contributed by atoms with Crippen molar-refractivity contribution < 1.29 is 4.74 Å². The lowest BCUT2D eigenvalue weighted by molar-refractivity contribution is 0.416. The van der Waals surface area contributed by atoms with Gasteiger partial charge in [-0.3, -0.25) is 0 Å². The maximum atomic E-state index is 5.80. The number of rotatable bonds is 3. The van der Waals surface area contributed by atoms with E-state index < -0.39 is 0 Å². The Morgan fingerprint density at radius 2 is 2.12 bits per heavy atom. The van der Waals surface area contributed by atoms with Gasteiger partial charge in [0.25, 0.3) is 0 Å². The minimum absolute atomic E-state index is 0.386. The van der Waals surface area contributed by atoms with E-state index >= 15 is 0 Å². The summed E-state index contributed by atoms with van der Waals surface area (Å²) < 4.78 is 5.35. The second kappa shape index (κ2) is 4.80. The van der Waals surface area contributed by atoms with Gasteiger partial charge >= 0.3 is 0 Å². The van der Waals surface area contributed by atoms with E-state index in [4.69, 9.17) is 16.3 Å². The topological polar surface area (TPSA) is 37.9 Å². The lowest BCUT2D eigenvalue weighted by atomic mass is 9.99. The van der Waals surface area contributed by atoms with Crippen molar-refractivity contribution in [3.05, 3.63) is 35.2 Å². The number of halogens is 1. The standard InChI is InChI=1S/C13H15ClN2O/c1-8(2)9-4-5-12(17-3)10(6-9)11-7-15-13(14)16-11/h4-8H,1-3H3,(H,15,16). The highest BCUT2D eigenvalue weighted by Crippen LogP contribution is 2.32. The SMILES string of the molecule is COc1ccc(C(C)C)cc1-c1cnc(Cl)[nH]1. The summed E-state index contributed by atoms with van der Waals surface area (Å²) in [5.74, 6) is 1.28. The average molecular weight is 251 g/mol. The van der Waals surface area contributed by atoms with Crippen molar-refractivity contribution in [1.82, 2.24) is 9.97 Å². The number of aromatic nitrogens is 2. The molecule has 0 saturated heterocycles. The Hall–Kier alpha value is -1.48. The number of nitrogens with zero attached hydrogens (tertiary/aromatic N) is 1. The number of hydrogen-bond donors (Lipinski definition) is 1. The van der Waals surface area contributed by atoms with Crippen molar-refractivity contribution in [1.29, 1.82) is 0 Å². The van der Waals surface area contributed by atoms with Gasteiger partial charge in [0, 0.05) is 5.56 Å². The highest BCUT2D eigenvalue weighted by Gasteiger charge is 2.10. The molecule has 0 radical (unpaired) electrons. The zero-order chi connectivity index (χ0) is 12.4. The smallest absolute Gasteiger partial charge is 0.200 e. The van der Waals surface area contributed by atoms with Crippen LogP contribution in [0.15, 0.2) is 24.4 Å². The molecule has 17 heavy (non-hydrogen) atoms. The number of ether oxygens (including phenoxy) is 1. The van der Waals surface area contributed by atoms with Gasteiger partial charge in [0.1, 0.15) is 5.75 Å². The second-order valence-corrected chi connectivity index (χ2v) is 4.56. The van der Waals surface area contributed by atoms with Crippen LogP contribution in [0.2, 0.25) is 5.28 Å². The van der Waals surface area contributed by atoms with Crippen LogP contribution < -0.4 is 4.74 Å². The summed E-state index contributed by atoms with van der Waals surface area (Å²) in [6.45, 7) is 4.32. The number of nitrogens with one attached hydrogen (secondary N) is 1. The maximum Gasteiger partial charge on any atom is 0.200 e. The second-order valence-electron chi connectivity index (χ2n) is 4.20. The number of methoxy groups -OCH3 is 1. The number of H-pyrrole nitrogens is 1. The van der Waals surface area contributed by atoms with Crippen LogP contribution in [-0.2, 0) is 0 Å². The third-order valence-electron chi connectivity index (χ3n) is 2.73. The predicted molar refractivity (Wildman–Crippen MR) is 69.7 cm³/mol. The van der Waals surface area contributed by atoms with Gasteiger partial charge in [-0.25, -0.2) is 4.98 Å². The highest BCUT2D eigenvalue weighted by molar-refractivity contribution is 6.28. The van der Waals surface area contributed by atoms with Crippen molar-refractivity contribution in [3.8, 4) is 17.0 Å². The van der Waals surface area contributed by atoms with E-state index in [0.717, 1.165) is 17.0 Å². The Kier molecular flexibility index (Phi) is 3.38. The molecule has 0 unspecified atom stereocenters. The number of aromatic amines is 1. The lowest BCUT2D eigenvalue weighted by Gasteiger charge is -2.11. The largest absolute Gasteiger partial charge is 0.496 e. The van der Waals surface area contributed by atoms with E-state index in [-0.39, 0.29) is 0 Å². The molecule has 1 aromatic carbocycles. The first kappa shape index (κ1) is 12.0. The van der Waals surface area contributed by atoms with E-state index in [2.05, 4.69) is 35.9 Å². The van der Waals surface area contributed by atoms with E-state index in [1.165, 1.54) is 5.56 Å². The van der Waals surface area contributed by atoms with Crippen LogP contribution in [0.1, 0.15) is 25.3 Å². The zero-order valence-electron chi connectivity index (χ0n) is 10.1. The molecule has 0 aliphatic rings. The van der Waals surface area contributed by atoms with Gasteiger partial charge < -0.3 is 9.72 Å². The molecule has 0 aliphatic heterocycles. The number of hydrogen-bond acceptors (Lipinski definition) is 2. The first-order valence-electron chi connectivity index (χ1n) is 5.50. The van der Waals surface area contributed by atoms with Gasteiger partial charge in [0.05, 0.1) is 19.0 Å². The van der Waals surface area contributed by atoms with Gasteiger partial charge in [0.15, 0.2) is 5.28 Å². The van der Waals surface area contributed by atoms with Crippen LogP contribution in [0.3, 0.4) is 0 Å². The van der Waals surface area contributed by atoms with Gasteiger partial charge in [-0.2, -0.15) is 0 Å². The van der Waals surface area contributed by atoms with Crippen molar-refractivity contribution in [2.75, 3.05) is 7.11 Å². The molecule has 0 aliphatic carbocycles. The minimum atomic E-state index is 0.386. The van der Waals surface area contributed by atoms with E-state index in [1.807, 2.05) is 6.07 Å². The van der Waals surface area contributed by atoms with Crippen LogP contribution in [0.25, 0.3) is 11.3 Å². The summed E-state index contributed by atoms with van der Waals surface area (Å²) in [5.41, 5.74) is 3.11. The number of imidazole rings is 1. The fourth-order valence-corrected chi connectivity index (χ4v) is 1.88. The number of benzene rings is 1. The first-order chi connectivity index (χ1) is 8.11. The third kappa shape index (κ3) is 2.44. The summed E-state index contributed by atoms with van der Waals surface area (Å²) in [7, 11) is 1.66. The Labute approximate surface area is 106 Å².